The molecule has 0 aromatic heterocycles. The number of urea groups is 1. The van der Waals surface area contributed by atoms with Crippen LogP contribution in [0.1, 0.15) is 6.92 Å². The Bertz CT molecular complexity index is 820. The van der Waals surface area contributed by atoms with Crippen molar-refractivity contribution in [3.05, 3.63) is 53.6 Å². The predicted molar refractivity (Wildman–Crippen MR) is 107 cm³/mol. The van der Waals surface area contributed by atoms with Crippen LogP contribution in [0.3, 0.4) is 0 Å². The van der Waals surface area contributed by atoms with Crippen molar-refractivity contribution in [3.8, 4) is 11.5 Å². The van der Waals surface area contributed by atoms with Crippen LogP contribution in [0.5, 0.6) is 11.5 Å². The zero-order valence-corrected chi connectivity index (χ0v) is 16.3. The molecule has 0 unspecified atom stereocenters. The lowest BCUT2D eigenvalue weighted by atomic mass is 10.3. The lowest BCUT2D eigenvalue weighted by Crippen LogP contribution is -2.51. The summed E-state index contributed by atoms with van der Waals surface area (Å²) in [5, 5.41) is 3.50. The third-order valence-electron chi connectivity index (χ3n) is 4.26. The molecule has 3 rings (SSSR count). The number of carbonyl (C=O) groups is 2. The van der Waals surface area contributed by atoms with Crippen molar-refractivity contribution in [2.45, 2.75) is 6.92 Å². The van der Waals surface area contributed by atoms with Crippen LogP contribution < -0.4 is 10.1 Å². The fraction of sp³-hybridized carbons (Fsp3) is 0.300. The monoisotopic (exact) mass is 403 g/mol. The number of halogens is 1. The lowest BCUT2D eigenvalue weighted by molar-refractivity contribution is 0.0868. The van der Waals surface area contributed by atoms with Crippen molar-refractivity contribution in [1.29, 1.82) is 0 Å². The Balaban J connectivity index is 1.60. The minimum absolute atomic E-state index is 0.240. The van der Waals surface area contributed by atoms with E-state index in [-0.39, 0.29) is 12.1 Å². The largest absolute Gasteiger partial charge is 0.455 e. The normalized spacial score (nSPS) is 13.8. The second-order valence-electron chi connectivity index (χ2n) is 6.16. The molecule has 8 heteroatoms. The van der Waals surface area contributed by atoms with E-state index in [2.05, 4.69) is 5.32 Å². The molecule has 0 spiro atoms. The summed E-state index contributed by atoms with van der Waals surface area (Å²) >= 11 is 5.90. The van der Waals surface area contributed by atoms with Gasteiger partial charge in [0.2, 0.25) is 0 Å². The molecule has 148 valence electrons. The maximum absolute atomic E-state index is 12.6. The quantitative estimate of drug-likeness (QED) is 0.819. The third kappa shape index (κ3) is 5.07. The Morgan fingerprint density at radius 1 is 1.00 bits per heavy atom. The van der Waals surface area contributed by atoms with Crippen LogP contribution in [0.15, 0.2) is 48.5 Å². The third-order valence-corrected chi connectivity index (χ3v) is 4.51. The van der Waals surface area contributed by atoms with E-state index >= 15 is 0 Å². The molecular formula is C20H22ClN3O4. The highest BCUT2D eigenvalue weighted by atomic mass is 35.5. The van der Waals surface area contributed by atoms with Crippen LogP contribution >= 0.6 is 11.6 Å². The molecule has 28 heavy (non-hydrogen) atoms. The van der Waals surface area contributed by atoms with Gasteiger partial charge in [0.15, 0.2) is 5.75 Å². The highest BCUT2D eigenvalue weighted by molar-refractivity contribution is 6.30. The predicted octanol–water partition coefficient (Wildman–Crippen LogP) is 4.44. The first-order chi connectivity index (χ1) is 13.6. The number of nitrogens with one attached hydrogen (secondary N) is 1. The molecule has 1 aliphatic rings. The fourth-order valence-electron chi connectivity index (χ4n) is 2.79. The minimum atomic E-state index is -0.343. The minimum Gasteiger partial charge on any atom is -0.455 e. The van der Waals surface area contributed by atoms with E-state index in [1.165, 1.54) is 0 Å². The van der Waals surface area contributed by atoms with E-state index < -0.39 is 0 Å². The van der Waals surface area contributed by atoms with E-state index in [0.29, 0.717) is 55.0 Å². The molecule has 1 aliphatic heterocycles. The number of benzene rings is 2. The van der Waals surface area contributed by atoms with Crippen LogP contribution in [0.25, 0.3) is 0 Å². The molecule has 7 nitrogen and oxygen atoms in total. The van der Waals surface area contributed by atoms with Gasteiger partial charge in [-0.15, -0.1) is 0 Å². The Kier molecular flexibility index (Phi) is 6.60. The van der Waals surface area contributed by atoms with Crippen LogP contribution in [0.2, 0.25) is 5.02 Å². The standard InChI is InChI=1S/C20H22ClN3O4/c1-2-27-20(26)24-13-11-23(12-14-24)19(25)22-17-5-3-4-6-18(17)28-16-9-7-15(21)8-10-16/h3-10H,2,11-14H2,1H3,(H,22,25). The summed E-state index contributed by atoms with van der Waals surface area (Å²) in [4.78, 5) is 27.7. The molecule has 1 heterocycles. The van der Waals surface area contributed by atoms with E-state index in [1.807, 2.05) is 12.1 Å². The summed E-state index contributed by atoms with van der Waals surface area (Å²) in [6, 6.07) is 14.0. The number of amides is 3. The maximum atomic E-state index is 12.6. The van der Waals surface area contributed by atoms with Crippen LogP contribution in [-0.2, 0) is 4.74 Å². The van der Waals surface area contributed by atoms with Crippen molar-refractivity contribution in [2.75, 3.05) is 38.1 Å². The van der Waals surface area contributed by atoms with Crippen molar-refractivity contribution in [2.24, 2.45) is 0 Å². The highest BCUT2D eigenvalue weighted by Crippen LogP contribution is 2.30. The Labute approximate surface area is 168 Å². The van der Waals surface area contributed by atoms with Gasteiger partial charge >= 0.3 is 12.1 Å². The second kappa shape index (κ2) is 9.32. The first kappa shape index (κ1) is 19.8. The first-order valence-corrected chi connectivity index (χ1v) is 9.44. The van der Waals surface area contributed by atoms with Gasteiger partial charge in [-0.3, -0.25) is 0 Å². The average molecular weight is 404 g/mol. The maximum Gasteiger partial charge on any atom is 0.409 e. The van der Waals surface area contributed by atoms with Gasteiger partial charge in [-0.05, 0) is 43.3 Å². The molecule has 0 aliphatic carbocycles. The summed E-state index contributed by atoms with van der Waals surface area (Å²) in [7, 11) is 0. The summed E-state index contributed by atoms with van der Waals surface area (Å²) in [6.45, 7) is 3.86. The van der Waals surface area contributed by atoms with E-state index in [4.69, 9.17) is 21.1 Å². The lowest BCUT2D eigenvalue weighted by Gasteiger charge is -2.34. The summed E-state index contributed by atoms with van der Waals surface area (Å²) in [5.74, 6) is 1.15. The van der Waals surface area contributed by atoms with E-state index in [0.717, 1.165) is 0 Å². The van der Waals surface area contributed by atoms with Crippen LogP contribution in [-0.4, -0.2) is 54.7 Å². The van der Waals surface area contributed by atoms with Gasteiger partial charge in [0.05, 0.1) is 12.3 Å². The number of nitrogens with zero attached hydrogens (tertiary/aromatic N) is 2. The number of rotatable bonds is 4. The molecule has 2 aromatic rings. The Morgan fingerprint density at radius 3 is 2.32 bits per heavy atom. The van der Waals surface area contributed by atoms with E-state index in [9.17, 15) is 9.59 Å². The van der Waals surface area contributed by atoms with Gasteiger partial charge in [-0.1, -0.05) is 23.7 Å². The molecule has 1 N–H and O–H groups in total. The van der Waals surface area contributed by atoms with E-state index in [1.54, 1.807) is 53.1 Å². The molecule has 3 amide bonds. The topological polar surface area (TPSA) is 71.1 Å². The van der Waals surface area contributed by atoms with Crippen molar-refractivity contribution < 1.29 is 19.1 Å². The fourth-order valence-corrected chi connectivity index (χ4v) is 2.92. The van der Waals surface area contributed by atoms with Gasteiger partial charge in [0.25, 0.3) is 0 Å². The van der Waals surface area contributed by atoms with Gasteiger partial charge in [0, 0.05) is 31.2 Å². The van der Waals surface area contributed by atoms with Gasteiger partial charge in [-0.25, -0.2) is 9.59 Å². The zero-order valence-electron chi connectivity index (χ0n) is 15.6. The summed E-state index contributed by atoms with van der Waals surface area (Å²) in [6.07, 6.45) is -0.343. The van der Waals surface area contributed by atoms with Crippen LogP contribution in [0.4, 0.5) is 15.3 Å². The number of hydrogen-bond donors (Lipinski definition) is 1. The molecule has 0 bridgehead atoms. The molecule has 2 aromatic carbocycles. The number of para-hydroxylation sites is 2. The SMILES string of the molecule is CCOC(=O)N1CCN(C(=O)Nc2ccccc2Oc2ccc(Cl)cc2)CC1. The Morgan fingerprint density at radius 2 is 1.64 bits per heavy atom. The van der Waals surface area contributed by atoms with Gasteiger partial charge in [-0.2, -0.15) is 0 Å². The second-order valence-corrected chi connectivity index (χ2v) is 6.59. The first-order valence-electron chi connectivity index (χ1n) is 9.07. The van der Waals surface area contributed by atoms with Crippen molar-refractivity contribution in [3.63, 3.8) is 0 Å². The number of carbonyl (C=O) groups excluding carboxylic acids is 2. The van der Waals surface area contributed by atoms with Crippen LogP contribution in [0, 0.1) is 0 Å². The number of hydrogen-bond acceptors (Lipinski definition) is 4. The molecular weight excluding hydrogens is 382 g/mol. The molecule has 0 saturated carbocycles. The molecule has 1 saturated heterocycles. The summed E-state index contributed by atoms with van der Waals surface area (Å²) < 4.78 is 10.9. The highest BCUT2D eigenvalue weighted by Gasteiger charge is 2.25. The summed E-state index contributed by atoms with van der Waals surface area (Å²) in [5.41, 5.74) is 0.565. The number of ether oxygens (including phenoxy) is 2. The number of piperazine rings is 1. The average Bonchev–Trinajstić information content (AvgIpc) is 2.71. The van der Waals surface area contributed by atoms with Crippen molar-refractivity contribution in [1.82, 2.24) is 9.80 Å². The number of anilines is 1. The molecule has 0 atom stereocenters. The van der Waals surface area contributed by atoms with Gasteiger partial charge in [0.1, 0.15) is 5.75 Å². The molecule has 1 fully saturated rings. The Hall–Kier alpha value is -2.93. The van der Waals surface area contributed by atoms with Gasteiger partial charge < -0.3 is 24.6 Å². The zero-order chi connectivity index (χ0) is 19.9. The molecule has 0 radical (unpaired) electrons. The van der Waals surface area contributed by atoms with Crippen molar-refractivity contribution >= 4 is 29.4 Å². The smallest absolute Gasteiger partial charge is 0.409 e.